The van der Waals surface area contributed by atoms with Crippen LogP contribution in [0.3, 0.4) is 0 Å². The fourth-order valence-electron chi connectivity index (χ4n) is 2.52. The van der Waals surface area contributed by atoms with E-state index in [1.807, 2.05) is 0 Å². The van der Waals surface area contributed by atoms with E-state index < -0.39 is 11.8 Å². The first-order valence-electron chi connectivity index (χ1n) is 7.52. The smallest absolute Gasteiger partial charge is 0.282 e. The Morgan fingerprint density at radius 3 is 2.35 bits per heavy atom. The summed E-state index contributed by atoms with van der Waals surface area (Å²) >= 11 is 5.94. The molecule has 0 radical (unpaired) electrons. The van der Waals surface area contributed by atoms with E-state index in [0.717, 1.165) is 5.01 Å². The van der Waals surface area contributed by atoms with Crippen LogP contribution in [0.15, 0.2) is 42.0 Å². The van der Waals surface area contributed by atoms with Gasteiger partial charge in [-0.1, -0.05) is 17.7 Å². The molecule has 1 aliphatic rings. The number of nitrogens with one attached hydrogen (secondary N) is 1. The third kappa shape index (κ3) is 3.16. The summed E-state index contributed by atoms with van der Waals surface area (Å²) in [6.07, 6.45) is 1.40. The molecule has 2 aromatic rings. The van der Waals surface area contributed by atoms with Crippen LogP contribution in [0.5, 0.6) is 17.2 Å². The molecule has 26 heavy (non-hydrogen) atoms. The van der Waals surface area contributed by atoms with Gasteiger partial charge >= 0.3 is 0 Å². The first kappa shape index (κ1) is 17.6. The van der Waals surface area contributed by atoms with Crippen molar-refractivity contribution in [1.82, 2.24) is 5.43 Å². The van der Waals surface area contributed by atoms with E-state index in [1.54, 1.807) is 24.3 Å². The Kier molecular flexibility index (Phi) is 4.73. The fourth-order valence-corrected chi connectivity index (χ4v) is 2.70. The molecule has 0 spiro atoms. The fraction of sp³-hybridized carbons (Fsp3) is 0.111. The van der Waals surface area contributed by atoms with Gasteiger partial charge in [0.15, 0.2) is 11.5 Å². The molecule has 134 valence electrons. The van der Waals surface area contributed by atoms with Crippen LogP contribution in [0.2, 0.25) is 5.02 Å². The third-order valence-corrected chi connectivity index (χ3v) is 4.01. The standard InChI is InChI=1S/C18H15ClN2O5/c1-25-14-7-10(8-15(26-2)16(14)22)6-13-17(23)20-21(18(13)24)12-5-3-4-11(19)9-12/h3-9,22H,1-2H3,(H,20,23)/b13-6-. The topological polar surface area (TPSA) is 88.1 Å². The van der Waals surface area contributed by atoms with E-state index in [1.165, 1.54) is 32.4 Å². The van der Waals surface area contributed by atoms with Crippen molar-refractivity contribution in [2.75, 3.05) is 19.2 Å². The minimum Gasteiger partial charge on any atom is -0.502 e. The molecule has 1 saturated heterocycles. The maximum atomic E-state index is 12.6. The molecule has 0 saturated carbocycles. The van der Waals surface area contributed by atoms with Gasteiger partial charge in [-0.2, -0.15) is 0 Å². The Bertz CT molecular complexity index is 901. The molecule has 0 aliphatic carbocycles. The second-order valence-corrected chi connectivity index (χ2v) is 5.83. The van der Waals surface area contributed by atoms with Gasteiger partial charge in [-0.3, -0.25) is 15.0 Å². The second-order valence-electron chi connectivity index (χ2n) is 5.39. The first-order chi connectivity index (χ1) is 12.4. The lowest BCUT2D eigenvalue weighted by Crippen LogP contribution is -2.35. The van der Waals surface area contributed by atoms with Gasteiger partial charge in [0.05, 0.1) is 19.9 Å². The number of rotatable bonds is 4. The number of ether oxygens (including phenoxy) is 2. The van der Waals surface area contributed by atoms with Crippen molar-refractivity contribution in [3.63, 3.8) is 0 Å². The molecular formula is C18H15ClN2O5. The highest BCUT2D eigenvalue weighted by Gasteiger charge is 2.34. The van der Waals surface area contributed by atoms with Gasteiger partial charge in [-0.25, -0.2) is 5.01 Å². The molecule has 1 fully saturated rings. The highest BCUT2D eigenvalue weighted by Crippen LogP contribution is 2.38. The highest BCUT2D eigenvalue weighted by atomic mass is 35.5. The summed E-state index contributed by atoms with van der Waals surface area (Å²) in [4.78, 5) is 24.9. The number of amides is 2. The summed E-state index contributed by atoms with van der Waals surface area (Å²) in [6.45, 7) is 0. The number of hydrogen-bond acceptors (Lipinski definition) is 5. The summed E-state index contributed by atoms with van der Waals surface area (Å²) in [5, 5.41) is 11.5. The summed E-state index contributed by atoms with van der Waals surface area (Å²) in [6, 6.07) is 9.55. The molecule has 0 atom stereocenters. The lowest BCUT2D eigenvalue weighted by Gasteiger charge is -2.14. The number of methoxy groups -OCH3 is 2. The predicted molar refractivity (Wildman–Crippen MR) is 96.3 cm³/mol. The zero-order valence-corrected chi connectivity index (χ0v) is 14.7. The Balaban J connectivity index is 1.99. The molecule has 0 bridgehead atoms. The number of anilines is 1. The van der Waals surface area contributed by atoms with Crippen LogP contribution in [0, 0.1) is 0 Å². The Labute approximate surface area is 154 Å². The number of aromatic hydroxyl groups is 1. The monoisotopic (exact) mass is 374 g/mol. The largest absolute Gasteiger partial charge is 0.502 e. The van der Waals surface area contributed by atoms with E-state index in [0.29, 0.717) is 16.3 Å². The zero-order chi connectivity index (χ0) is 18.8. The lowest BCUT2D eigenvalue weighted by atomic mass is 10.1. The van der Waals surface area contributed by atoms with Gasteiger partial charge < -0.3 is 14.6 Å². The number of carbonyl (C=O) groups excluding carboxylic acids is 2. The number of halogens is 1. The predicted octanol–water partition coefficient (Wildman–Crippen LogP) is 2.52. The molecule has 0 unspecified atom stereocenters. The van der Waals surface area contributed by atoms with Crippen molar-refractivity contribution < 1.29 is 24.2 Å². The third-order valence-electron chi connectivity index (χ3n) is 3.77. The van der Waals surface area contributed by atoms with Crippen molar-refractivity contribution in [3.8, 4) is 17.2 Å². The minimum absolute atomic E-state index is 0.0697. The molecule has 1 aliphatic heterocycles. The van der Waals surface area contributed by atoms with E-state index in [9.17, 15) is 14.7 Å². The molecule has 7 nitrogen and oxygen atoms in total. The van der Waals surface area contributed by atoms with Crippen molar-refractivity contribution in [1.29, 1.82) is 0 Å². The van der Waals surface area contributed by atoms with E-state index >= 15 is 0 Å². The number of hydrogen-bond donors (Lipinski definition) is 2. The number of phenolic OH excluding ortho intramolecular Hbond substituents is 1. The van der Waals surface area contributed by atoms with Crippen LogP contribution in [-0.2, 0) is 9.59 Å². The molecular weight excluding hydrogens is 360 g/mol. The number of carbonyl (C=O) groups is 2. The quantitative estimate of drug-likeness (QED) is 0.634. The maximum absolute atomic E-state index is 12.6. The van der Waals surface area contributed by atoms with Gasteiger partial charge in [-0.05, 0) is 42.0 Å². The molecule has 2 N–H and O–H groups in total. The van der Waals surface area contributed by atoms with Crippen LogP contribution >= 0.6 is 11.6 Å². The first-order valence-corrected chi connectivity index (χ1v) is 7.90. The van der Waals surface area contributed by atoms with Crippen LogP contribution in [-0.4, -0.2) is 31.1 Å². The van der Waals surface area contributed by atoms with Gasteiger partial charge in [0.25, 0.3) is 11.8 Å². The Morgan fingerprint density at radius 1 is 1.12 bits per heavy atom. The summed E-state index contributed by atoms with van der Waals surface area (Å²) in [5.41, 5.74) is 3.33. The van der Waals surface area contributed by atoms with Gasteiger partial charge in [0, 0.05) is 5.02 Å². The SMILES string of the molecule is COc1cc(/C=C2/C(=O)NN(c3cccc(Cl)c3)C2=O)cc(OC)c1O. The molecule has 3 rings (SSSR count). The summed E-state index contributed by atoms with van der Waals surface area (Å²) < 4.78 is 10.2. The van der Waals surface area contributed by atoms with Crippen molar-refractivity contribution in [2.45, 2.75) is 0 Å². The second kappa shape index (κ2) is 6.97. The normalized spacial score (nSPS) is 15.3. The lowest BCUT2D eigenvalue weighted by molar-refractivity contribution is -0.117. The number of hydrazine groups is 1. The highest BCUT2D eigenvalue weighted by molar-refractivity contribution is 6.33. The van der Waals surface area contributed by atoms with Crippen LogP contribution < -0.4 is 19.9 Å². The van der Waals surface area contributed by atoms with E-state index in [-0.39, 0.29) is 22.8 Å². The van der Waals surface area contributed by atoms with Crippen molar-refractivity contribution >= 4 is 35.2 Å². The van der Waals surface area contributed by atoms with Gasteiger partial charge in [-0.15, -0.1) is 0 Å². The molecule has 2 aromatic carbocycles. The van der Waals surface area contributed by atoms with Gasteiger partial charge in [0.2, 0.25) is 5.75 Å². The average molecular weight is 375 g/mol. The summed E-state index contributed by atoms with van der Waals surface area (Å²) in [5.74, 6) is -0.924. The minimum atomic E-state index is -0.555. The number of phenols is 1. The average Bonchev–Trinajstić information content (AvgIpc) is 2.91. The van der Waals surface area contributed by atoms with E-state index in [2.05, 4.69) is 5.43 Å². The number of benzene rings is 2. The van der Waals surface area contributed by atoms with Crippen molar-refractivity contribution in [2.24, 2.45) is 0 Å². The zero-order valence-electron chi connectivity index (χ0n) is 13.9. The molecule has 2 amide bonds. The number of nitrogens with zero attached hydrogens (tertiary/aromatic N) is 1. The Morgan fingerprint density at radius 2 is 1.77 bits per heavy atom. The maximum Gasteiger partial charge on any atom is 0.282 e. The molecule has 8 heteroatoms. The van der Waals surface area contributed by atoms with Crippen molar-refractivity contribution in [3.05, 3.63) is 52.6 Å². The molecule has 1 heterocycles. The Hall–Kier alpha value is -3.19. The van der Waals surface area contributed by atoms with E-state index in [4.69, 9.17) is 21.1 Å². The van der Waals surface area contributed by atoms with Gasteiger partial charge in [0.1, 0.15) is 5.57 Å². The molecule has 0 aromatic heterocycles. The van der Waals surface area contributed by atoms with Crippen LogP contribution in [0.25, 0.3) is 6.08 Å². The van der Waals surface area contributed by atoms with Crippen LogP contribution in [0.1, 0.15) is 5.56 Å². The summed E-state index contributed by atoms with van der Waals surface area (Å²) in [7, 11) is 2.78. The van der Waals surface area contributed by atoms with Crippen LogP contribution in [0.4, 0.5) is 5.69 Å².